The topological polar surface area (TPSA) is 38.3 Å². The number of carbonyl (C=O) groups excluding carboxylic acids is 1. The third kappa shape index (κ3) is 3.20. The summed E-state index contributed by atoms with van der Waals surface area (Å²) in [5.41, 5.74) is 0. The normalized spacial score (nSPS) is 28.7. The lowest BCUT2D eigenvalue weighted by atomic mass is 9.96. The number of nitrogens with one attached hydrogen (secondary N) is 1. The van der Waals surface area contributed by atoms with E-state index in [4.69, 9.17) is 4.74 Å². The van der Waals surface area contributed by atoms with Gasteiger partial charge in [0.15, 0.2) is 0 Å². The summed E-state index contributed by atoms with van der Waals surface area (Å²) in [6.07, 6.45) is 8.22. The number of esters is 1. The van der Waals surface area contributed by atoms with Crippen LogP contribution in [0.25, 0.3) is 0 Å². The highest BCUT2D eigenvalue weighted by molar-refractivity contribution is 5.73. The molecule has 0 aromatic rings. The quantitative estimate of drug-likeness (QED) is 0.709. The maximum Gasteiger partial charge on any atom is 0.310 e. The van der Waals surface area contributed by atoms with Gasteiger partial charge in [-0.15, -0.1) is 0 Å². The lowest BCUT2D eigenvalue weighted by molar-refractivity contribution is -0.156. The smallest absolute Gasteiger partial charge is 0.310 e. The first-order chi connectivity index (χ1) is 7.36. The Morgan fingerprint density at radius 2 is 1.87 bits per heavy atom. The van der Waals surface area contributed by atoms with Gasteiger partial charge in [-0.2, -0.15) is 0 Å². The van der Waals surface area contributed by atoms with Crippen LogP contribution in [0.4, 0.5) is 0 Å². The summed E-state index contributed by atoms with van der Waals surface area (Å²) < 4.78 is 5.55. The second kappa shape index (κ2) is 5.50. The van der Waals surface area contributed by atoms with Crippen molar-refractivity contribution >= 4 is 5.97 Å². The average molecular weight is 211 g/mol. The fourth-order valence-corrected chi connectivity index (χ4v) is 2.50. The molecule has 15 heavy (non-hydrogen) atoms. The van der Waals surface area contributed by atoms with Gasteiger partial charge < -0.3 is 10.1 Å². The molecule has 3 heteroatoms. The first-order valence-corrected chi connectivity index (χ1v) is 6.27. The molecular weight excluding hydrogens is 190 g/mol. The molecule has 1 aliphatic carbocycles. The molecule has 0 aromatic heterocycles. The lowest BCUT2D eigenvalue weighted by Crippen LogP contribution is -2.37. The Bertz CT molecular complexity index is 206. The zero-order valence-corrected chi connectivity index (χ0v) is 9.34. The number of piperidine rings is 1. The molecule has 1 heterocycles. The van der Waals surface area contributed by atoms with Crippen LogP contribution < -0.4 is 5.32 Å². The van der Waals surface area contributed by atoms with E-state index in [0.29, 0.717) is 0 Å². The first kappa shape index (κ1) is 10.9. The highest BCUT2D eigenvalue weighted by atomic mass is 16.5. The molecule has 0 amide bonds. The molecule has 0 aromatic carbocycles. The van der Waals surface area contributed by atoms with Crippen molar-refractivity contribution in [3.8, 4) is 0 Å². The van der Waals surface area contributed by atoms with Crippen LogP contribution in [0.1, 0.15) is 44.9 Å². The molecule has 1 saturated heterocycles. The van der Waals surface area contributed by atoms with Gasteiger partial charge in [-0.3, -0.25) is 4.79 Å². The standard InChI is InChI=1S/C12H21NO2/c14-12(10-5-4-8-13-9-10)15-11-6-2-1-3-7-11/h10-11,13H,1-9H2. The SMILES string of the molecule is O=C(OC1CCCCC1)C1CCCNC1. The van der Waals surface area contributed by atoms with Crippen molar-refractivity contribution in [2.45, 2.75) is 51.0 Å². The van der Waals surface area contributed by atoms with E-state index in [1.165, 1.54) is 19.3 Å². The highest BCUT2D eigenvalue weighted by Crippen LogP contribution is 2.22. The Hall–Kier alpha value is -0.570. The van der Waals surface area contributed by atoms with Crippen LogP contribution in [-0.4, -0.2) is 25.2 Å². The second-order valence-electron chi connectivity index (χ2n) is 4.74. The van der Waals surface area contributed by atoms with Gasteiger partial charge in [0.1, 0.15) is 6.10 Å². The summed E-state index contributed by atoms with van der Waals surface area (Å²) in [6.45, 7) is 1.86. The number of hydrogen-bond acceptors (Lipinski definition) is 3. The summed E-state index contributed by atoms with van der Waals surface area (Å²) in [6, 6.07) is 0. The summed E-state index contributed by atoms with van der Waals surface area (Å²) in [7, 11) is 0. The van der Waals surface area contributed by atoms with Gasteiger partial charge in [-0.25, -0.2) is 0 Å². The molecule has 1 atom stereocenters. The van der Waals surface area contributed by atoms with Gasteiger partial charge in [0, 0.05) is 6.54 Å². The van der Waals surface area contributed by atoms with E-state index in [1.807, 2.05) is 0 Å². The van der Waals surface area contributed by atoms with Gasteiger partial charge in [-0.05, 0) is 45.1 Å². The van der Waals surface area contributed by atoms with Crippen LogP contribution in [0.15, 0.2) is 0 Å². The number of rotatable bonds is 2. The number of carbonyl (C=O) groups is 1. The zero-order chi connectivity index (χ0) is 10.5. The van der Waals surface area contributed by atoms with Crippen LogP contribution >= 0.6 is 0 Å². The van der Waals surface area contributed by atoms with E-state index in [9.17, 15) is 4.79 Å². The van der Waals surface area contributed by atoms with Crippen molar-refractivity contribution < 1.29 is 9.53 Å². The minimum Gasteiger partial charge on any atom is -0.462 e. The molecule has 3 nitrogen and oxygen atoms in total. The van der Waals surface area contributed by atoms with Crippen molar-refractivity contribution in [2.24, 2.45) is 5.92 Å². The molecule has 1 N–H and O–H groups in total. The summed E-state index contributed by atoms with van der Waals surface area (Å²) in [5.74, 6) is 0.148. The Labute approximate surface area is 91.6 Å². The molecule has 0 bridgehead atoms. The Morgan fingerprint density at radius 1 is 1.07 bits per heavy atom. The van der Waals surface area contributed by atoms with Gasteiger partial charge in [0.2, 0.25) is 0 Å². The van der Waals surface area contributed by atoms with Gasteiger partial charge in [-0.1, -0.05) is 6.42 Å². The van der Waals surface area contributed by atoms with E-state index in [0.717, 1.165) is 38.8 Å². The molecule has 2 aliphatic rings. The maximum absolute atomic E-state index is 11.8. The third-order valence-corrected chi connectivity index (χ3v) is 3.47. The predicted molar refractivity (Wildman–Crippen MR) is 58.6 cm³/mol. The molecule has 0 spiro atoms. The van der Waals surface area contributed by atoms with Crippen molar-refractivity contribution in [2.75, 3.05) is 13.1 Å². The maximum atomic E-state index is 11.8. The second-order valence-corrected chi connectivity index (χ2v) is 4.74. The first-order valence-electron chi connectivity index (χ1n) is 6.27. The van der Waals surface area contributed by atoms with Gasteiger partial charge >= 0.3 is 5.97 Å². The molecule has 1 unspecified atom stereocenters. The fraction of sp³-hybridized carbons (Fsp3) is 0.917. The lowest BCUT2D eigenvalue weighted by Gasteiger charge is -2.26. The molecule has 2 fully saturated rings. The number of ether oxygens (including phenoxy) is 1. The third-order valence-electron chi connectivity index (χ3n) is 3.47. The largest absolute Gasteiger partial charge is 0.462 e. The monoisotopic (exact) mass is 211 g/mol. The van der Waals surface area contributed by atoms with E-state index < -0.39 is 0 Å². The zero-order valence-electron chi connectivity index (χ0n) is 9.34. The van der Waals surface area contributed by atoms with Crippen molar-refractivity contribution in [3.05, 3.63) is 0 Å². The van der Waals surface area contributed by atoms with Crippen molar-refractivity contribution in [1.29, 1.82) is 0 Å². The molecule has 86 valence electrons. The summed E-state index contributed by atoms with van der Waals surface area (Å²) in [5, 5.41) is 3.25. The number of hydrogen-bond donors (Lipinski definition) is 1. The van der Waals surface area contributed by atoms with Crippen LogP contribution in [0.3, 0.4) is 0 Å². The highest BCUT2D eigenvalue weighted by Gasteiger charge is 2.25. The Morgan fingerprint density at radius 3 is 2.53 bits per heavy atom. The molecule has 1 aliphatic heterocycles. The van der Waals surface area contributed by atoms with Gasteiger partial charge in [0.25, 0.3) is 0 Å². The van der Waals surface area contributed by atoms with Crippen LogP contribution in [-0.2, 0) is 9.53 Å². The minimum absolute atomic E-state index is 0.0362. The Kier molecular flexibility index (Phi) is 4.01. The van der Waals surface area contributed by atoms with Crippen molar-refractivity contribution in [3.63, 3.8) is 0 Å². The Balaban J connectivity index is 1.74. The molecule has 2 rings (SSSR count). The molecular formula is C12H21NO2. The average Bonchev–Trinajstić information content (AvgIpc) is 2.31. The van der Waals surface area contributed by atoms with E-state index in [1.54, 1.807) is 0 Å². The predicted octanol–water partition coefficient (Wildman–Crippen LogP) is 1.86. The van der Waals surface area contributed by atoms with E-state index >= 15 is 0 Å². The van der Waals surface area contributed by atoms with Gasteiger partial charge in [0.05, 0.1) is 5.92 Å². The van der Waals surface area contributed by atoms with E-state index in [-0.39, 0.29) is 18.0 Å². The summed E-state index contributed by atoms with van der Waals surface area (Å²) >= 11 is 0. The summed E-state index contributed by atoms with van der Waals surface area (Å²) in [4.78, 5) is 11.8. The fourth-order valence-electron chi connectivity index (χ4n) is 2.50. The minimum atomic E-state index is 0.0362. The van der Waals surface area contributed by atoms with Crippen LogP contribution in [0, 0.1) is 5.92 Å². The van der Waals surface area contributed by atoms with Crippen molar-refractivity contribution in [1.82, 2.24) is 5.32 Å². The molecule has 1 saturated carbocycles. The van der Waals surface area contributed by atoms with Crippen LogP contribution in [0.2, 0.25) is 0 Å². The van der Waals surface area contributed by atoms with Crippen LogP contribution in [0.5, 0.6) is 0 Å². The molecule has 0 radical (unpaired) electrons. The van der Waals surface area contributed by atoms with E-state index in [2.05, 4.69) is 5.32 Å².